The van der Waals surface area contributed by atoms with Gasteiger partial charge < -0.3 is 15.0 Å². The van der Waals surface area contributed by atoms with Gasteiger partial charge >= 0.3 is 5.97 Å². The average Bonchev–Trinajstić information content (AvgIpc) is 2.86. The molecule has 0 saturated carbocycles. The first-order valence-electron chi connectivity index (χ1n) is 6.35. The number of carboxylic acid groups (broad SMARTS) is 1. The van der Waals surface area contributed by atoms with Crippen molar-refractivity contribution >= 4 is 11.9 Å². The predicted octanol–water partition coefficient (Wildman–Crippen LogP) is 1.66. The maximum absolute atomic E-state index is 12.3. The Morgan fingerprint density at radius 1 is 1.44 bits per heavy atom. The summed E-state index contributed by atoms with van der Waals surface area (Å²) in [6.07, 6.45) is 3.11. The van der Waals surface area contributed by atoms with E-state index in [0.717, 1.165) is 25.0 Å². The molecule has 2 N–H and O–H groups in total. The molecule has 1 aliphatic heterocycles. The fraction of sp³-hybridized carbons (Fsp3) is 0.538. The van der Waals surface area contributed by atoms with E-state index in [1.165, 1.54) is 4.90 Å². The number of aromatic nitrogens is 1. The molecule has 0 bridgehead atoms. The molecule has 98 valence electrons. The molecule has 0 radical (unpaired) electrons. The first-order valence-corrected chi connectivity index (χ1v) is 6.35. The molecule has 0 aliphatic carbocycles. The van der Waals surface area contributed by atoms with Crippen LogP contribution < -0.4 is 0 Å². The van der Waals surface area contributed by atoms with Crippen LogP contribution in [0, 0.1) is 0 Å². The van der Waals surface area contributed by atoms with E-state index in [4.69, 9.17) is 5.11 Å². The van der Waals surface area contributed by atoms with Gasteiger partial charge in [0.05, 0.1) is 0 Å². The highest BCUT2D eigenvalue weighted by Gasteiger charge is 2.32. The third-order valence-corrected chi connectivity index (χ3v) is 3.41. The van der Waals surface area contributed by atoms with Crippen LogP contribution in [0.25, 0.3) is 0 Å². The fourth-order valence-corrected chi connectivity index (χ4v) is 2.36. The minimum atomic E-state index is -0.912. The van der Waals surface area contributed by atoms with Crippen molar-refractivity contribution in [1.82, 2.24) is 9.88 Å². The van der Waals surface area contributed by atoms with E-state index in [-0.39, 0.29) is 5.91 Å². The first kappa shape index (κ1) is 12.7. The van der Waals surface area contributed by atoms with Crippen molar-refractivity contribution in [2.24, 2.45) is 0 Å². The molecule has 0 spiro atoms. The Labute approximate surface area is 106 Å². The zero-order chi connectivity index (χ0) is 13.1. The van der Waals surface area contributed by atoms with Crippen molar-refractivity contribution < 1.29 is 14.7 Å². The molecule has 18 heavy (non-hydrogen) atoms. The summed E-state index contributed by atoms with van der Waals surface area (Å²) in [7, 11) is 0. The summed E-state index contributed by atoms with van der Waals surface area (Å²) in [5.41, 5.74) is 1.47. The van der Waals surface area contributed by atoms with Crippen LogP contribution in [0.2, 0.25) is 0 Å². The number of hydrogen-bond donors (Lipinski definition) is 2. The Kier molecular flexibility index (Phi) is 3.69. The topological polar surface area (TPSA) is 73.4 Å². The van der Waals surface area contributed by atoms with Crippen LogP contribution in [0.15, 0.2) is 12.1 Å². The Morgan fingerprint density at radius 3 is 2.83 bits per heavy atom. The number of hydrogen-bond acceptors (Lipinski definition) is 2. The van der Waals surface area contributed by atoms with Crippen molar-refractivity contribution in [3.63, 3.8) is 0 Å². The van der Waals surface area contributed by atoms with Gasteiger partial charge in [0.25, 0.3) is 5.91 Å². The number of amides is 1. The molecule has 1 amide bonds. The van der Waals surface area contributed by atoms with E-state index in [1.54, 1.807) is 6.07 Å². The van der Waals surface area contributed by atoms with E-state index < -0.39 is 12.0 Å². The maximum atomic E-state index is 12.3. The summed E-state index contributed by atoms with van der Waals surface area (Å²) in [5, 5.41) is 9.15. The third kappa shape index (κ3) is 2.39. The summed E-state index contributed by atoms with van der Waals surface area (Å²) in [5.74, 6) is -1.12. The van der Waals surface area contributed by atoms with Gasteiger partial charge in [0.15, 0.2) is 0 Å². The lowest BCUT2D eigenvalue weighted by molar-refractivity contribution is -0.143. The molecule has 1 fully saturated rings. The van der Waals surface area contributed by atoms with Crippen LogP contribution in [0.3, 0.4) is 0 Å². The van der Waals surface area contributed by atoms with Gasteiger partial charge in [-0.3, -0.25) is 4.79 Å². The Bertz CT molecular complexity index is 453. The number of piperidine rings is 1. The quantitative estimate of drug-likeness (QED) is 0.856. The number of carbonyl (C=O) groups is 2. The van der Waals surface area contributed by atoms with E-state index >= 15 is 0 Å². The van der Waals surface area contributed by atoms with Crippen LogP contribution in [0.1, 0.15) is 42.4 Å². The van der Waals surface area contributed by atoms with Gasteiger partial charge in [-0.1, -0.05) is 6.92 Å². The van der Waals surface area contributed by atoms with Crippen LogP contribution in [-0.2, 0) is 11.2 Å². The number of carboxylic acids is 1. The number of H-pyrrole nitrogens is 1. The van der Waals surface area contributed by atoms with Gasteiger partial charge in [0, 0.05) is 12.2 Å². The molecule has 1 aliphatic rings. The van der Waals surface area contributed by atoms with Crippen molar-refractivity contribution in [1.29, 1.82) is 0 Å². The number of nitrogens with one attached hydrogen (secondary N) is 1. The Morgan fingerprint density at radius 2 is 2.22 bits per heavy atom. The van der Waals surface area contributed by atoms with Crippen LogP contribution in [0.5, 0.6) is 0 Å². The molecule has 5 heteroatoms. The molecule has 2 heterocycles. The maximum Gasteiger partial charge on any atom is 0.326 e. The largest absolute Gasteiger partial charge is 0.480 e. The van der Waals surface area contributed by atoms with Crippen molar-refractivity contribution in [3.8, 4) is 0 Å². The zero-order valence-corrected chi connectivity index (χ0v) is 10.5. The van der Waals surface area contributed by atoms with Gasteiger partial charge in [-0.05, 0) is 37.8 Å². The molecule has 1 aromatic rings. The second kappa shape index (κ2) is 5.25. The smallest absolute Gasteiger partial charge is 0.326 e. The van der Waals surface area contributed by atoms with Crippen LogP contribution in [0.4, 0.5) is 0 Å². The van der Waals surface area contributed by atoms with Crippen molar-refractivity contribution in [3.05, 3.63) is 23.5 Å². The molecular weight excluding hydrogens is 232 g/mol. The molecule has 1 saturated heterocycles. The zero-order valence-electron chi connectivity index (χ0n) is 10.5. The van der Waals surface area contributed by atoms with Gasteiger partial charge in [-0.15, -0.1) is 0 Å². The van der Waals surface area contributed by atoms with Crippen molar-refractivity contribution in [2.75, 3.05) is 6.54 Å². The van der Waals surface area contributed by atoms with Crippen molar-refractivity contribution in [2.45, 2.75) is 38.6 Å². The van der Waals surface area contributed by atoms with Gasteiger partial charge in [-0.25, -0.2) is 4.79 Å². The summed E-state index contributed by atoms with van der Waals surface area (Å²) in [6, 6.07) is 2.92. The van der Waals surface area contributed by atoms with E-state index in [1.807, 2.05) is 13.0 Å². The van der Waals surface area contributed by atoms with Crippen LogP contribution >= 0.6 is 0 Å². The molecule has 1 atom stereocenters. The second-order valence-electron chi connectivity index (χ2n) is 4.60. The summed E-state index contributed by atoms with van der Waals surface area (Å²) < 4.78 is 0. The highest BCUT2D eigenvalue weighted by atomic mass is 16.4. The Balaban J connectivity index is 2.17. The standard InChI is InChI=1S/C13H18N2O3/c1-2-9-6-7-10(14-9)12(16)15-8-4-3-5-11(15)13(17)18/h6-7,11,14H,2-5,8H2,1H3,(H,17,18)/t11-/m0/s1. The third-order valence-electron chi connectivity index (χ3n) is 3.41. The monoisotopic (exact) mass is 250 g/mol. The SMILES string of the molecule is CCc1ccc(C(=O)N2CCCC[C@H]2C(=O)O)[nH]1. The summed E-state index contributed by atoms with van der Waals surface area (Å²) >= 11 is 0. The number of nitrogens with zero attached hydrogens (tertiary/aromatic N) is 1. The lowest BCUT2D eigenvalue weighted by Gasteiger charge is -2.32. The minimum Gasteiger partial charge on any atom is -0.480 e. The highest BCUT2D eigenvalue weighted by molar-refractivity contribution is 5.95. The normalized spacial score (nSPS) is 19.8. The predicted molar refractivity (Wildman–Crippen MR) is 66.5 cm³/mol. The summed E-state index contributed by atoms with van der Waals surface area (Å²) in [4.78, 5) is 27.9. The fourth-order valence-electron chi connectivity index (χ4n) is 2.36. The molecular formula is C13H18N2O3. The van der Waals surface area contributed by atoms with E-state index in [9.17, 15) is 9.59 Å². The van der Waals surface area contributed by atoms with E-state index in [2.05, 4.69) is 4.98 Å². The van der Waals surface area contributed by atoms with Crippen LogP contribution in [-0.4, -0.2) is 39.5 Å². The second-order valence-corrected chi connectivity index (χ2v) is 4.60. The number of aliphatic carboxylic acids is 1. The lowest BCUT2D eigenvalue weighted by Crippen LogP contribution is -2.48. The van der Waals surface area contributed by atoms with E-state index in [0.29, 0.717) is 18.7 Å². The minimum absolute atomic E-state index is 0.207. The molecule has 5 nitrogen and oxygen atoms in total. The lowest BCUT2D eigenvalue weighted by atomic mass is 10.0. The number of carbonyl (C=O) groups excluding carboxylic acids is 1. The van der Waals surface area contributed by atoms with Gasteiger partial charge in [0.2, 0.25) is 0 Å². The summed E-state index contributed by atoms with van der Waals surface area (Å²) in [6.45, 7) is 2.53. The molecule has 0 aromatic carbocycles. The number of aromatic amines is 1. The number of aryl methyl sites for hydroxylation is 1. The first-order chi connectivity index (χ1) is 8.63. The molecule has 1 aromatic heterocycles. The van der Waals surface area contributed by atoms with Gasteiger partial charge in [0.1, 0.15) is 11.7 Å². The molecule has 0 unspecified atom stereocenters. The average molecular weight is 250 g/mol. The molecule has 2 rings (SSSR count). The number of likely N-dealkylation sites (tertiary alicyclic amines) is 1. The van der Waals surface area contributed by atoms with Gasteiger partial charge in [-0.2, -0.15) is 0 Å². The Hall–Kier alpha value is -1.78. The highest BCUT2D eigenvalue weighted by Crippen LogP contribution is 2.19. The number of rotatable bonds is 3.